The molecule has 0 spiro atoms. The van der Waals surface area contributed by atoms with Gasteiger partial charge >= 0.3 is 0 Å². The van der Waals surface area contributed by atoms with Gasteiger partial charge in [0, 0.05) is 0 Å². The van der Waals surface area contributed by atoms with E-state index in [1.165, 1.54) is 12.2 Å². The van der Waals surface area contributed by atoms with Gasteiger partial charge in [-0.3, -0.25) is 4.72 Å². The molecule has 0 aliphatic carbocycles. The van der Waals surface area contributed by atoms with Crippen LogP contribution in [0.5, 0.6) is 0 Å². The quantitative estimate of drug-likeness (QED) is 0.346. The summed E-state index contributed by atoms with van der Waals surface area (Å²) in [5.41, 5.74) is 0. The maximum atomic E-state index is 3.82. The first-order chi connectivity index (χ1) is 3.41. The minimum atomic E-state index is 0.955. The van der Waals surface area contributed by atoms with Gasteiger partial charge in [-0.15, -0.1) is 11.8 Å². The Morgan fingerprint density at radius 1 is 1.71 bits per heavy atom. The highest BCUT2D eigenvalue weighted by Crippen LogP contribution is 1.97. The molecule has 1 nitrogen and oxygen atoms in total. The summed E-state index contributed by atoms with van der Waals surface area (Å²) in [4.78, 5) is 0. The third kappa shape index (κ3) is 6.66. The summed E-state index contributed by atoms with van der Waals surface area (Å²) in [6.45, 7) is 2.17. The average Bonchev–Trinajstić information content (AvgIpc) is 1.69. The summed E-state index contributed by atoms with van der Waals surface area (Å²) in [6, 6.07) is 0. The van der Waals surface area contributed by atoms with E-state index in [1.54, 1.807) is 0 Å². The highest BCUT2D eigenvalue weighted by molar-refractivity contribution is 7.99. The lowest BCUT2D eigenvalue weighted by molar-refractivity contribution is 1.10. The standard InChI is InChI=1S/C4H11NS2/c1-2-3-7-4-5-6/h5-6H,2-4H2,1H3. The third-order valence-electron chi connectivity index (χ3n) is 0.515. The van der Waals surface area contributed by atoms with Gasteiger partial charge in [0.05, 0.1) is 5.88 Å². The van der Waals surface area contributed by atoms with Gasteiger partial charge in [-0.25, -0.2) is 0 Å². The molecule has 0 aromatic rings. The second-order valence-corrected chi connectivity index (χ2v) is 2.63. The van der Waals surface area contributed by atoms with Crippen LogP contribution in [0.25, 0.3) is 0 Å². The van der Waals surface area contributed by atoms with E-state index in [0.717, 1.165) is 5.88 Å². The van der Waals surface area contributed by atoms with Crippen molar-refractivity contribution in [2.45, 2.75) is 13.3 Å². The van der Waals surface area contributed by atoms with E-state index in [2.05, 4.69) is 24.5 Å². The predicted molar refractivity (Wildman–Crippen MR) is 39.7 cm³/mol. The molecule has 0 aliphatic heterocycles. The fourth-order valence-corrected chi connectivity index (χ4v) is 1.06. The van der Waals surface area contributed by atoms with Crippen molar-refractivity contribution in [3.05, 3.63) is 0 Å². The Bertz CT molecular complexity index is 28.9. The highest BCUT2D eigenvalue weighted by atomic mass is 32.2. The highest BCUT2D eigenvalue weighted by Gasteiger charge is 1.79. The summed E-state index contributed by atoms with van der Waals surface area (Å²) in [5.74, 6) is 2.19. The lowest BCUT2D eigenvalue weighted by atomic mass is 10.6. The monoisotopic (exact) mass is 137 g/mol. The molecule has 7 heavy (non-hydrogen) atoms. The molecule has 0 aromatic carbocycles. The molecular weight excluding hydrogens is 126 g/mol. The second kappa shape index (κ2) is 6.66. The summed E-state index contributed by atoms with van der Waals surface area (Å²) >= 11 is 5.69. The van der Waals surface area contributed by atoms with Gasteiger partial charge in [0.1, 0.15) is 0 Å². The first-order valence-corrected chi connectivity index (χ1v) is 3.96. The van der Waals surface area contributed by atoms with Crippen molar-refractivity contribution in [3.63, 3.8) is 0 Å². The van der Waals surface area contributed by atoms with Gasteiger partial charge in [0.15, 0.2) is 0 Å². The van der Waals surface area contributed by atoms with E-state index in [9.17, 15) is 0 Å². The lowest BCUT2D eigenvalue weighted by Crippen LogP contribution is -1.95. The summed E-state index contributed by atoms with van der Waals surface area (Å²) in [6.07, 6.45) is 1.25. The van der Waals surface area contributed by atoms with Gasteiger partial charge in [-0.2, -0.15) is 0 Å². The minimum absolute atomic E-state index is 0.955. The van der Waals surface area contributed by atoms with E-state index in [-0.39, 0.29) is 0 Å². The molecule has 0 aliphatic rings. The molecule has 0 bridgehead atoms. The van der Waals surface area contributed by atoms with Crippen molar-refractivity contribution in [2.24, 2.45) is 0 Å². The first-order valence-electron chi connectivity index (χ1n) is 2.36. The number of hydrogen-bond acceptors (Lipinski definition) is 3. The van der Waals surface area contributed by atoms with Crippen molar-refractivity contribution in [3.8, 4) is 0 Å². The second-order valence-electron chi connectivity index (χ2n) is 1.21. The van der Waals surface area contributed by atoms with Crippen LogP contribution in [0.15, 0.2) is 0 Å². The van der Waals surface area contributed by atoms with Crippen LogP contribution in [0.3, 0.4) is 0 Å². The number of hydrogen-bond donors (Lipinski definition) is 2. The zero-order chi connectivity index (χ0) is 5.54. The van der Waals surface area contributed by atoms with Crippen LogP contribution >= 0.6 is 24.6 Å². The van der Waals surface area contributed by atoms with Crippen molar-refractivity contribution >= 4 is 24.6 Å². The van der Waals surface area contributed by atoms with Crippen LogP contribution in [-0.2, 0) is 0 Å². The van der Waals surface area contributed by atoms with Crippen molar-refractivity contribution in [2.75, 3.05) is 11.6 Å². The molecule has 0 saturated carbocycles. The number of rotatable bonds is 4. The Kier molecular flexibility index (Phi) is 7.29. The first kappa shape index (κ1) is 7.66. The van der Waals surface area contributed by atoms with E-state index in [1.807, 2.05) is 11.8 Å². The Labute approximate surface area is 54.8 Å². The maximum Gasteiger partial charge on any atom is 0.0513 e. The number of thiol groups is 1. The van der Waals surface area contributed by atoms with Crippen molar-refractivity contribution < 1.29 is 0 Å². The number of thioether (sulfide) groups is 1. The largest absolute Gasteiger partial charge is 0.257 e. The molecule has 0 saturated heterocycles. The normalized spacial score (nSPS) is 9.43. The molecule has 0 unspecified atom stereocenters. The molecule has 0 aromatic heterocycles. The number of nitrogens with one attached hydrogen (secondary N) is 1. The van der Waals surface area contributed by atoms with Crippen molar-refractivity contribution in [1.29, 1.82) is 0 Å². The summed E-state index contributed by atoms with van der Waals surface area (Å²) < 4.78 is 2.76. The topological polar surface area (TPSA) is 12.0 Å². The third-order valence-corrected chi connectivity index (χ3v) is 1.93. The molecule has 0 rings (SSSR count). The van der Waals surface area contributed by atoms with Crippen LogP contribution in [0.4, 0.5) is 0 Å². The molecule has 0 radical (unpaired) electrons. The zero-order valence-electron chi connectivity index (χ0n) is 4.48. The Morgan fingerprint density at radius 2 is 2.43 bits per heavy atom. The van der Waals surface area contributed by atoms with E-state index >= 15 is 0 Å². The van der Waals surface area contributed by atoms with Gasteiger partial charge in [-0.05, 0) is 12.2 Å². The Balaban J connectivity index is 2.45. The van der Waals surface area contributed by atoms with E-state index < -0.39 is 0 Å². The van der Waals surface area contributed by atoms with E-state index in [0.29, 0.717) is 0 Å². The zero-order valence-corrected chi connectivity index (χ0v) is 6.19. The van der Waals surface area contributed by atoms with Crippen LogP contribution in [0.1, 0.15) is 13.3 Å². The van der Waals surface area contributed by atoms with Crippen LogP contribution in [0, 0.1) is 0 Å². The fraction of sp³-hybridized carbons (Fsp3) is 1.00. The van der Waals surface area contributed by atoms with Gasteiger partial charge in [0.2, 0.25) is 0 Å². The van der Waals surface area contributed by atoms with E-state index in [4.69, 9.17) is 0 Å². The predicted octanol–water partition coefficient (Wildman–Crippen LogP) is 1.52. The molecule has 44 valence electrons. The minimum Gasteiger partial charge on any atom is -0.257 e. The molecule has 3 heteroatoms. The molecule has 0 heterocycles. The molecule has 0 fully saturated rings. The summed E-state index contributed by atoms with van der Waals surface area (Å²) in [5, 5.41) is 0. The fourth-order valence-electron chi connectivity index (χ4n) is 0.262. The van der Waals surface area contributed by atoms with Crippen LogP contribution in [-0.4, -0.2) is 11.6 Å². The average molecular weight is 137 g/mol. The molecule has 0 amide bonds. The Hall–Kier alpha value is 0.660. The van der Waals surface area contributed by atoms with Crippen molar-refractivity contribution in [1.82, 2.24) is 4.72 Å². The maximum absolute atomic E-state index is 3.82. The molecule has 1 N–H and O–H groups in total. The molecular formula is C4H11NS2. The van der Waals surface area contributed by atoms with Gasteiger partial charge in [0.25, 0.3) is 0 Å². The smallest absolute Gasteiger partial charge is 0.0513 e. The Morgan fingerprint density at radius 3 is 2.86 bits per heavy atom. The van der Waals surface area contributed by atoms with Crippen LogP contribution in [0.2, 0.25) is 0 Å². The molecule has 0 atom stereocenters. The van der Waals surface area contributed by atoms with Gasteiger partial charge < -0.3 is 0 Å². The SMILES string of the molecule is CCCSCNS. The van der Waals surface area contributed by atoms with Gasteiger partial charge in [-0.1, -0.05) is 19.7 Å². The van der Waals surface area contributed by atoms with Crippen LogP contribution < -0.4 is 4.72 Å². The lowest BCUT2D eigenvalue weighted by Gasteiger charge is -1.92. The summed E-state index contributed by atoms with van der Waals surface area (Å²) in [7, 11) is 0.